The summed E-state index contributed by atoms with van der Waals surface area (Å²) in [4.78, 5) is 22.3. The van der Waals surface area contributed by atoms with E-state index < -0.39 is 5.97 Å². The van der Waals surface area contributed by atoms with Crippen LogP contribution >= 0.6 is 0 Å². The number of imidazole rings is 1. The van der Waals surface area contributed by atoms with E-state index in [1.54, 1.807) is 19.2 Å². The summed E-state index contributed by atoms with van der Waals surface area (Å²) in [7, 11) is 1.55. The van der Waals surface area contributed by atoms with E-state index >= 15 is 0 Å². The fourth-order valence-corrected chi connectivity index (χ4v) is 1.67. The zero-order valence-electron chi connectivity index (χ0n) is 9.70. The van der Waals surface area contributed by atoms with Crippen LogP contribution in [0.25, 0.3) is 0 Å². The number of hydrogen-bond donors (Lipinski definition) is 2. The molecule has 0 unspecified atom stereocenters. The minimum Gasteiger partial charge on any atom is -0.493 e. The Bertz CT molecular complexity index is 637. The summed E-state index contributed by atoms with van der Waals surface area (Å²) < 4.78 is 2.48. The maximum absolute atomic E-state index is 11.6. The SMILES string of the molecule is Cn1cc(O)n(Cc2ccc(C(=O)O)cc2)c1=O. The summed E-state index contributed by atoms with van der Waals surface area (Å²) in [5.74, 6) is -1.12. The number of aromatic carboxylic acids is 1. The predicted octanol–water partition coefficient (Wildman–Crippen LogP) is 0.639. The first-order chi connectivity index (χ1) is 8.49. The highest BCUT2D eigenvalue weighted by molar-refractivity contribution is 5.87. The number of aromatic hydroxyl groups is 1. The average Bonchev–Trinajstić information content (AvgIpc) is 2.57. The van der Waals surface area contributed by atoms with Crippen LogP contribution in [0, 0.1) is 0 Å². The Hall–Kier alpha value is -2.50. The van der Waals surface area contributed by atoms with E-state index in [1.807, 2.05) is 0 Å². The number of nitrogens with zero attached hydrogens (tertiary/aromatic N) is 2. The van der Waals surface area contributed by atoms with Gasteiger partial charge in [0.25, 0.3) is 0 Å². The summed E-state index contributed by atoms with van der Waals surface area (Å²) in [6.45, 7) is 0.200. The lowest BCUT2D eigenvalue weighted by atomic mass is 10.1. The molecule has 0 saturated heterocycles. The second-order valence-electron chi connectivity index (χ2n) is 3.97. The van der Waals surface area contributed by atoms with Gasteiger partial charge in [-0.1, -0.05) is 12.1 Å². The van der Waals surface area contributed by atoms with E-state index in [2.05, 4.69) is 0 Å². The van der Waals surface area contributed by atoms with Crippen molar-refractivity contribution in [2.24, 2.45) is 7.05 Å². The van der Waals surface area contributed by atoms with Gasteiger partial charge < -0.3 is 10.2 Å². The van der Waals surface area contributed by atoms with Gasteiger partial charge in [0, 0.05) is 7.05 Å². The Morgan fingerprint density at radius 1 is 1.28 bits per heavy atom. The lowest BCUT2D eigenvalue weighted by molar-refractivity contribution is 0.0697. The van der Waals surface area contributed by atoms with Crippen molar-refractivity contribution in [3.8, 4) is 5.88 Å². The Morgan fingerprint density at radius 2 is 1.89 bits per heavy atom. The molecular formula is C12H12N2O4. The van der Waals surface area contributed by atoms with Crippen LogP contribution in [0.1, 0.15) is 15.9 Å². The summed E-state index contributed by atoms with van der Waals surface area (Å²) in [6, 6.07) is 6.15. The number of rotatable bonds is 3. The maximum Gasteiger partial charge on any atom is 0.335 e. The number of carbonyl (C=O) groups is 1. The number of hydrogen-bond acceptors (Lipinski definition) is 3. The molecule has 0 bridgehead atoms. The molecule has 6 heteroatoms. The molecule has 0 saturated carbocycles. The largest absolute Gasteiger partial charge is 0.493 e. The first-order valence-electron chi connectivity index (χ1n) is 5.26. The van der Waals surface area contributed by atoms with Gasteiger partial charge >= 0.3 is 11.7 Å². The van der Waals surface area contributed by atoms with Gasteiger partial charge in [-0.25, -0.2) is 9.59 Å². The number of aryl methyl sites for hydroxylation is 1. The van der Waals surface area contributed by atoms with Gasteiger partial charge in [0.2, 0.25) is 5.88 Å². The van der Waals surface area contributed by atoms with E-state index in [0.717, 1.165) is 5.56 Å². The van der Waals surface area contributed by atoms with Crippen molar-refractivity contribution in [3.05, 3.63) is 52.1 Å². The molecule has 94 valence electrons. The monoisotopic (exact) mass is 248 g/mol. The summed E-state index contributed by atoms with van der Waals surface area (Å²) in [5, 5.41) is 18.3. The van der Waals surface area contributed by atoms with Gasteiger partial charge in [0.15, 0.2) is 0 Å². The van der Waals surface area contributed by atoms with Gasteiger partial charge in [0.1, 0.15) is 0 Å². The molecular weight excluding hydrogens is 236 g/mol. The predicted molar refractivity (Wildman–Crippen MR) is 63.8 cm³/mol. The number of aromatic nitrogens is 2. The van der Waals surface area contributed by atoms with E-state index in [1.165, 1.54) is 27.5 Å². The molecule has 2 aromatic rings. The zero-order chi connectivity index (χ0) is 13.3. The molecule has 18 heavy (non-hydrogen) atoms. The third kappa shape index (κ3) is 2.13. The van der Waals surface area contributed by atoms with Crippen molar-refractivity contribution >= 4 is 5.97 Å². The van der Waals surface area contributed by atoms with Crippen molar-refractivity contribution in [3.63, 3.8) is 0 Å². The Labute approximate surface area is 102 Å². The van der Waals surface area contributed by atoms with E-state index in [-0.39, 0.29) is 23.7 Å². The van der Waals surface area contributed by atoms with E-state index in [4.69, 9.17) is 5.11 Å². The molecule has 1 aromatic carbocycles. The lowest BCUT2D eigenvalue weighted by Gasteiger charge is -2.03. The van der Waals surface area contributed by atoms with Gasteiger partial charge in [-0.15, -0.1) is 0 Å². The molecule has 0 aliphatic rings. The molecule has 0 atom stereocenters. The molecule has 0 radical (unpaired) electrons. The highest BCUT2D eigenvalue weighted by Gasteiger charge is 2.08. The highest BCUT2D eigenvalue weighted by atomic mass is 16.4. The lowest BCUT2D eigenvalue weighted by Crippen LogP contribution is -2.22. The Kier molecular flexibility index (Phi) is 2.93. The normalized spacial score (nSPS) is 10.5. The van der Waals surface area contributed by atoms with Crippen LogP contribution in [0.3, 0.4) is 0 Å². The fourth-order valence-electron chi connectivity index (χ4n) is 1.67. The molecule has 2 N–H and O–H groups in total. The van der Waals surface area contributed by atoms with Crippen LogP contribution in [0.15, 0.2) is 35.3 Å². The Morgan fingerprint density at radius 3 is 2.33 bits per heavy atom. The molecule has 0 amide bonds. The molecule has 6 nitrogen and oxygen atoms in total. The van der Waals surface area contributed by atoms with Crippen molar-refractivity contribution in [1.82, 2.24) is 9.13 Å². The fraction of sp³-hybridized carbons (Fsp3) is 0.167. The quantitative estimate of drug-likeness (QED) is 0.834. The number of carboxylic acids is 1. The Balaban J connectivity index is 2.29. The highest BCUT2D eigenvalue weighted by Crippen LogP contribution is 2.10. The molecule has 0 fully saturated rings. The van der Waals surface area contributed by atoms with Crippen LogP contribution in [0.5, 0.6) is 5.88 Å². The third-order valence-corrected chi connectivity index (χ3v) is 2.66. The second-order valence-corrected chi connectivity index (χ2v) is 3.97. The minimum absolute atomic E-state index is 0.121. The van der Waals surface area contributed by atoms with Crippen molar-refractivity contribution in [2.75, 3.05) is 0 Å². The van der Waals surface area contributed by atoms with Gasteiger partial charge in [0.05, 0.1) is 18.3 Å². The van der Waals surface area contributed by atoms with Crippen molar-refractivity contribution < 1.29 is 15.0 Å². The minimum atomic E-state index is -0.999. The number of carboxylic acid groups (broad SMARTS) is 1. The van der Waals surface area contributed by atoms with E-state index in [0.29, 0.717) is 0 Å². The topological polar surface area (TPSA) is 84.5 Å². The molecule has 0 aliphatic carbocycles. The van der Waals surface area contributed by atoms with Gasteiger partial charge in [-0.05, 0) is 17.7 Å². The zero-order valence-corrected chi connectivity index (χ0v) is 9.70. The summed E-state index contributed by atoms with van der Waals surface area (Å²) in [5.41, 5.74) is 0.599. The van der Waals surface area contributed by atoms with Crippen LogP contribution in [-0.2, 0) is 13.6 Å². The standard InChI is InChI=1S/C12H12N2O4/c1-13-7-10(15)14(12(13)18)6-8-2-4-9(5-3-8)11(16)17/h2-5,7,15H,6H2,1H3,(H,16,17). The molecule has 0 aliphatic heterocycles. The van der Waals surface area contributed by atoms with Gasteiger partial charge in [-0.2, -0.15) is 0 Å². The van der Waals surface area contributed by atoms with Gasteiger partial charge in [-0.3, -0.25) is 9.13 Å². The molecule has 1 heterocycles. The number of benzene rings is 1. The maximum atomic E-state index is 11.6. The van der Waals surface area contributed by atoms with E-state index in [9.17, 15) is 14.7 Å². The van der Waals surface area contributed by atoms with Crippen molar-refractivity contribution in [1.29, 1.82) is 0 Å². The van der Waals surface area contributed by atoms with Crippen LogP contribution in [0.2, 0.25) is 0 Å². The van der Waals surface area contributed by atoms with Crippen LogP contribution in [-0.4, -0.2) is 25.3 Å². The van der Waals surface area contributed by atoms with Crippen molar-refractivity contribution in [2.45, 2.75) is 6.54 Å². The first kappa shape index (κ1) is 12.0. The average molecular weight is 248 g/mol. The summed E-state index contributed by atoms with van der Waals surface area (Å²) >= 11 is 0. The molecule has 1 aromatic heterocycles. The van der Waals surface area contributed by atoms with Crippen LogP contribution in [0.4, 0.5) is 0 Å². The second kappa shape index (κ2) is 4.40. The first-order valence-corrected chi connectivity index (χ1v) is 5.26. The molecule has 0 spiro atoms. The smallest absolute Gasteiger partial charge is 0.335 e. The molecule has 2 rings (SSSR count). The third-order valence-electron chi connectivity index (χ3n) is 2.66. The summed E-state index contributed by atoms with van der Waals surface area (Å²) in [6.07, 6.45) is 1.33. The van der Waals surface area contributed by atoms with Crippen LogP contribution < -0.4 is 5.69 Å².